The van der Waals surface area contributed by atoms with Crippen LogP contribution in [0.15, 0.2) is 30.5 Å². The van der Waals surface area contributed by atoms with Crippen LogP contribution in [-0.2, 0) is 7.05 Å². The highest BCUT2D eigenvalue weighted by Gasteiger charge is 2.15. The molecule has 1 aromatic carbocycles. The number of hydrogen-bond acceptors (Lipinski definition) is 3. The molecule has 2 aromatic heterocycles. The van der Waals surface area contributed by atoms with Crippen LogP contribution in [0, 0.1) is 12.7 Å². The normalized spacial score (nSPS) is 11.0. The highest BCUT2D eigenvalue weighted by Crippen LogP contribution is 2.27. The van der Waals surface area contributed by atoms with Crippen LogP contribution in [0.4, 0.5) is 4.39 Å². The van der Waals surface area contributed by atoms with Gasteiger partial charge in [-0.05, 0) is 30.7 Å². The van der Waals surface area contributed by atoms with E-state index in [1.54, 1.807) is 22.9 Å². The number of hydrogen-bond donors (Lipinski definition) is 0. The number of pyridine rings is 1. The number of halogens is 1. The van der Waals surface area contributed by atoms with Crippen LogP contribution < -0.4 is 4.74 Å². The lowest BCUT2D eigenvalue weighted by Gasteiger charge is -2.05. The first-order chi connectivity index (χ1) is 9.60. The summed E-state index contributed by atoms with van der Waals surface area (Å²) < 4.78 is 21.0. The van der Waals surface area contributed by atoms with E-state index in [1.807, 2.05) is 20.0 Å². The summed E-state index contributed by atoms with van der Waals surface area (Å²) in [5, 5.41) is 0. The van der Waals surface area contributed by atoms with Crippen LogP contribution in [0.25, 0.3) is 22.6 Å². The van der Waals surface area contributed by atoms with Crippen molar-refractivity contribution in [1.29, 1.82) is 0 Å². The molecule has 0 spiro atoms. The van der Waals surface area contributed by atoms with E-state index in [1.165, 1.54) is 13.2 Å². The van der Waals surface area contributed by atoms with Crippen LogP contribution in [0.2, 0.25) is 0 Å². The molecule has 0 atom stereocenters. The van der Waals surface area contributed by atoms with Gasteiger partial charge in [0.05, 0.1) is 12.7 Å². The molecular formula is C15H14FN3O. The summed E-state index contributed by atoms with van der Waals surface area (Å²) in [5.41, 5.74) is 2.96. The smallest absolute Gasteiger partial charge is 0.160 e. The average molecular weight is 271 g/mol. The minimum atomic E-state index is -0.362. The van der Waals surface area contributed by atoms with Gasteiger partial charge in [-0.1, -0.05) is 0 Å². The Bertz CT molecular complexity index is 795. The fourth-order valence-corrected chi connectivity index (χ4v) is 2.22. The number of benzene rings is 1. The van der Waals surface area contributed by atoms with Crippen LogP contribution in [0.3, 0.4) is 0 Å². The molecule has 0 radical (unpaired) electrons. The standard InChI is InChI=1S/C15H14FN3O/c1-9-6-13-15(17-8-9)19(2)14(18-13)11-5-4-10(20-3)7-12(11)16/h4-8H,1-3H3. The number of aryl methyl sites for hydroxylation is 2. The van der Waals surface area contributed by atoms with Gasteiger partial charge in [0, 0.05) is 19.3 Å². The summed E-state index contributed by atoms with van der Waals surface area (Å²) in [7, 11) is 3.34. The monoisotopic (exact) mass is 271 g/mol. The lowest BCUT2D eigenvalue weighted by atomic mass is 10.2. The molecule has 0 aliphatic rings. The van der Waals surface area contributed by atoms with Crippen molar-refractivity contribution in [3.8, 4) is 17.1 Å². The second kappa shape index (κ2) is 4.59. The summed E-state index contributed by atoms with van der Waals surface area (Å²) in [6, 6.07) is 6.68. The molecule has 0 saturated carbocycles. The molecule has 102 valence electrons. The zero-order chi connectivity index (χ0) is 14.3. The van der Waals surface area contributed by atoms with Crippen molar-refractivity contribution in [3.63, 3.8) is 0 Å². The van der Waals surface area contributed by atoms with Crippen molar-refractivity contribution >= 4 is 11.2 Å². The van der Waals surface area contributed by atoms with Gasteiger partial charge in [0.1, 0.15) is 22.9 Å². The molecule has 5 heteroatoms. The molecule has 0 unspecified atom stereocenters. The maximum Gasteiger partial charge on any atom is 0.160 e. The zero-order valence-corrected chi connectivity index (χ0v) is 11.5. The third kappa shape index (κ3) is 1.91. The Morgan fingerprint density at radius 3 is 2.75 bits per heavy atom. The van der Waals surface area contributed by atoms with Crippen LogP contribution >= 0.6 is 0 Å². The largest absolute Gasteiger partial charge is 0.497 e. The molecule has 4 nitrogen and oxygen atoms in total. The SMILES string of the molecule is COc1ccc(-c2nc3cc(C)cnc3n2C)c(F)c1. The van der Waals surface area contributed by atoms with Crippen LogP contribution in [-0.4, -0.2) is 21.6 Å². The van der Waals surface area contributed by atoms with E-state index in [4.69, 9.17) is 4.74 Å². The highest BCUT2D eigenvalue weighted by molar-refractivity contribution is 5.77. The van der Waals surface area contributed by atoms with Crippen molar-refractivity contribution in [2.75, 3.05) is 7.11 Å². The molecule has 3 aromatic rings. The van der Waals surface area contributed by atoms with Crippen molar-refractivity contribution in [3.05, 3.63) is 41.8 Å². The molecule has 0 bridgehead atoms. The predicted octanol–water partition coefficient (Wildman–Crippen LogP) is 3.09. The van der Waals surface area contributed by atoms with Gasteiger partial charge in [0.15, 0.2) is 5.65 Å². The van der Waals surface area contributed by atoms with Gasteiger partial charge < -0.3 is 9.30 Å². The van der Waals surface area contributed by atoms with Gasteiger partial charge in [0.25, 0.3) is 0 Å². The zero-order valence-electron chi connectivity index (χ0n) is 11.5. The molecule has 0 aliphatic carbocycles. The third-order valence-corrected chi connectivity index (χ3v) is 3.26. The lowest BCUT2D eigenvalue weighted by molar-refractivity contribution is 0.411. The Kier molecular flexibility index (Phi) is 2.89. The second-order valence-corrected chi connectivity index (χ2v) is 4.70. The van der Waals surface area contributed by atoms with E-state index in [0.29, 0.717) is 17.1 Å². The van der Waals surface area contributed by atoms with Gasteiger partial charge in [-0.2, -0.15) is 0 Å². The molecular weight excluding hydrogens is 257 g/mol. The van der Waals surface area contributed by atoms with Crippen LogP contribution in [0.1, 0.15) is 5.56 Å². The van der Waals surface area contributed by atoms with Crippen molar-refractivity contribution in [1.82, 2.24) is 14.5 Å². The summed E-state index contributed by atoms with van der Waals surface area (Å²) in [6.07, 6.45) is 1.78. The number of fused-ring (bicyclic) bond motifs is 1. The number of nitrogens with zero attached hydrogens (tertiary/aromatic N) is 3. The van der Waals surface area contributed by atoms with Gasteiger partial charge in [0.2, 0.25) is 0 Å². The predicted molar refractivity (Wildman–Crippen MR) is 75.2 cm³/mol. The second-order valence-electron chi connectivity index (χ2n) is 4.70. The summed E-state index contributed by atoms with van der Waals surface area (Å²) in [5.74, 6) is 0.678. The fraction of sp³-hybridized carbons (Fsp3) is 0.200. The first kappa shape index (κ1) is 12.6. The highest BCUT2D eigenvalue weighted by atomic mass is 19.1. The molecule has 3 rings (SSSR count). The lowest BCUT2D eigenvalue weighted by Crippen LogP contribution is -1.96. The van der Waals surface area contributed by atoms with Gasteiger partial charge in [-0.25, -0.2) is 14.4 Å². The number of imidazole rings is 1. The minimum absolute atomic E-state index is 0.362. The van der Waals surface area contributed by atoms with Gasteiger partial charge in [-0.15, -0.1) is 0 Å². The maximum absolute atomic E-state index is 14.2. The fourth-order valence-electron chi connectivity index (χ4n) is 2.22. The molecule has 0 aliphatic heterocycles. The Labute approximate surface area is 115 Å². The number of rotatable bonds is 2. The minimum Gasteiger partial charge on any atom is -0.497 e. The van der Waals surface area contributed by atoms with Crippen molar-refractivity contribution in [2.24, 2.45) is 7.05 Å². The first-order valence-electron chi connectivity index (χ1n) is 6.23. The van der Waals surface area contributed by atoms with Gasteiger partial charge >= 0.3 is 0 Å². The van der Waals surface area contributed by atoms with E-state index in [9.17, 15) is 4.39 Å². The number of methoxy groups -OCH3 is 1. The van der Waals surface area contributed by atoms with E-state index in [-0.39, 0.29) is 5.82 Å². The van der Waals surface area contributed by atoms with E-state index < -0.39 is 0 Å². The quantitative estimate of drug-likeness (QED) is 0.719. The van der Waals surface area contributed by atoms with Crippen LogP contribution in [0.5, 0.6) is 5.75 Å². The number of ether oxygens (including phenoxy) is 1. The average Bonchev–Trinajstić information content (AvgIpc) is 2.75. The molecule has 0 amide bonds. The summed E-state index contributed by atoms with van der Waals surface area (Å²) in [4.78, 5) is 8.82. The summed E-state index contributed by atoms with van der Waals surface area (Å²) >= 11 is 0. The van der Waals surface area contributed by atoms with E-state index >= 15 is 0 Å². The van der Waals surface area contributed by atoms with E-state index in [2.05, 4.69) is 9.97 Å². The topological polar surface area (TPSA) is 39.9 Å². The molecule has 2 heterocycles. The Balaban J connectivity index is 2.21. The third-order valence-electron chi connectivity index (χ3n) is 3.26. The Morgan fingerprint density at radius 1 is 1.25 bits per heavy atom. The maximum atomic E-state index is 14.2. The van der Waals surface area contributed by atoms with Crippen molar-refractivity contribution in [2.45, 2.75) is 6.92 Å². The molecule has 0 N–H and O–H groups in total. The molecule has 20 heavy (non-hydrogen) atoms. The Morgan fingerprint density at radius 2 is 2.05 bits per heavy atom. The van der Waals surface area contributed by atoms with Gasteiger partial charge in [-0.3, -0.25) is 0 Å². The van der Waals surface area contributed by atoms with E-state index in [0.717, 1.165) is 16.7 Å². The van der Waals surface area contributed by atoms with Crippen molar-refractivity contribution < 1.29 is 9.13 Å². The first-order valence-corrected chi connectivity index (χ1v) is 6.23. The molecule has 0 fully saturated rings. The summed E-state index contributed by atoms with van der Waals surface area (Å²) in [6.45, 7) is 1.95. The number of aromatic nitrogens is 3. The molecule has 0 saturated heterocycles. The Hall–Kier alpha value is -2.43.